The van der Waals surface area contributed by atoms with Gasteiger partial charge in [0.25, 0.3) is 0 Å². The van der Waals surface area contributed by atoms with Gasteiger partial charge in [-0.25, -0.2) is 15.8 Å². The number of nitrogens with zero attached hydrogens (tertiary/aromatic N) is 2. The van der Waals surface area contributed by atoms with Crippen LogP contribution < -0.4 is 16.6 Å². The molecule has 5 heteroatoms. The number of hydrogen-bond donors (Lipinski definition) is 3. The predicted octanol–water partition coefficient (Wildman–Crippen LogP) is 2.00. The van der Waals surface area contributed by atoms with Crippen molar-refractivity contribution in [3.05, 3.63) is 12.4 Å². The van der Waals surface area contributed by atoms with Gasteiger partial charge in [0.2, 0.25) is 0 Å². The van der Waals surface area contributed by atoms with Crippen molar-refractivity contribution in [1.29, 1.82) is 0 Å². The lowest BCUT2D eigenvalue weighted by atomic mass is 10.0. The van der Waals surface area contributed by atoms with Gasteiger partial charge in [0.05, 0.1) is 0 Å². The van der Waals surface area contributed by atoms with Gasteiger partial charge < -0.3 is 10.7 Å². The molecule has 0 aromatic carbocycles. The molecular weight excluding hydrogens is 202 g/mol. The van der Waals surface area contributed by atoms with E-state index in [1.54, 1.807) is 6.07 Å². The van der Waals surface area contributed by atoms with E-state index >= 15 is 0 Å². The lowest BCUT2D eigenvalue weighted by Gasteiger charge is -2.18. The molecule has 2 unspecified atom stereocenters. The van der Waals surface area contributed by atoms with Gasteiger partial charge in [0.15, 0.2) is 0 Å². The fourth-order valence-corrected chi connectivity index (χ4v) is 1.60. The Morgan fingerprint density at radius 3 is 2.62 bits per heavy atom. The van der Waals surface area contributed by atoms with Crippen LogP contribution in [0.2, 0.25) is 0 Å². The minimum atomic E-state index is 0.399. The summed E-state index contributed by atoms with van der Waals surface area (Å²) in [4.78, 5) is 8.10. The highest BCUT2D eigenvalue weighted by molar-refractivity contribution is 5.45. The Morgan fingerprint density at radius 2 is 2.00 bits per heavy atom. The first-order chi connectivity index (χ1) is 7.65. The average molecular weight is 223 g/mol. The van der Waals surface area contributed by atoms with Crippen LogP contribution in [0.3, 0.4) is 0 Å². The Bertz CT molecular complexity index is 315. The lowest BCUT2D eigenvalue weighted by molar-refractivity contribution is 0.483. The van der Waals surface area contributed by atoms with E-state index in [0.717, 1.165) is 18.2 Å². The zero-order valence-electron chi connectivity index (χ0n) is 10.2. The number of rotatable bonds is 6. The van der Waals surface area contributed by atoms with E-state index in [1.165, 1.54) is 12.7 Å². The summed E-state index contributed by atoms with van der Waals surface area (Å²) in [6, 6.07) is 2.20. The topological polar surface area (TPSA) is 75.9 Å². The SMILES string of the molecule is CCC(C)CC(C)Nc1cc(NN)ncn1. The predicted molar refractivity (Wildman–Crippen MR) is 67.0 cm³/mol. The standard InChI is InChI=1S/C11H21N5/c1-4-8(2)5-9(3)15-10-6-11(16-12)14-7-13-10/h6-9H,4-5,12H2,1-3H3,(H2,13,14,15,16). The summed E-state index contributed by atoms with van der Waals surface area (Å²) >= 11 is 0. The summed E-state index contributed by atoms with van der Waals surface area (Å²) in [6.45, 7) is 6.62. The number of hydrazine groups is 1. The quantitative estimate of drug-likeness (QED) is 0.508. The smallest absolute Gasteiger partial charge is 0.145 e. The van der Waals surface area contributed by atoms with Gasteiger partial charge in [-0.05, 0) is 19.3 Å². The largest absolute Gasteiger partial charge is 0.367 e. The zero-order chi connectivity index (χ0) is 12.0. The van der Waals surface area contributed by atoms with E-state index in [1.807, 2.05) is 0 Å². The highest BCUT2D eigenvalue weighted by atomic mass is 15.3. The van der Waals surface area contributed by atoms with Crippen molar-refractivity contribution in [2.45, 2.75) is 39.7 Å². The Balaban J connectivity index is 2.51. The average Bonchev–Trinajstić information content (AvgIpc) is 2.28. The maximum atomic E-state index is 5.28. The Labute approximate surface area is 96.8 Å². The summed E-state index contributed by atoms with van der Waals surface area (Å²) in [6.07, 6.45) is 3.82. The molecule has 90 valence electrons. The van der Waals surface area contributed by atoms with Gasteiger partial charge in [0, 0.05) is 12.1 Å². The van der Waals surface area contributed by atoms with Crippen LogP contribution in [0, 0.1) is 5.92 Å². The van der Waals surface area contributed by atoms with Gasteiger partial charge in [-0.1, -0.05) is 20.3 Å². The van der Waals surface area contributed by atoms with E-state index in [9.17, 15) is 0 Å². The Morgan fingerprint density at radius 1 is 1.31 bits per heavy atom. The Hall–Kier alpha value is -1.36. The first kappa shape index (κ1) is 12.7. The second-order valence-electron chi connectivity index (χ2n) is 4.23. The summed E-state index contributed by atoms with van der Waals surface area (Å²) in [5.74, 6) is 7.43. The van der Waals surface area contributed by atoms with Crippen LogP contribution >= 0.6 is 0 Å². The van der Waals surface area contributed by atoms with Gasteiger partial charge in [-0.15, -0.1) is 0 Å². The van der Waals surface area contributed by atoms with Gasteiger partial charge in [-0.3, -0.25) is 0 Å². The number of nitrogens with two attached hydrogens (primary N) is 1. The third-order valence-electron chi connectivity index (χ3n) is 2.66. The summed E-state index contributed by atoms with van der Waals surface area (Å²) < 4.78 is 0. The molecule has 4 N–H and O–H groups in total. The van der Waals surface area contributed by atoms with Crippen LogP contribution in [-0.4, -0.2) is 16.0 Å². The van der Waals surface area contributed by atoms with Crippen molar-refractivity contribution in [3.63, 3.8) is 0 Å². The second-order valence-corrected chi connectivity index (χ2v) is 4.23. The maximum Gasteiger partial charge on any atom is 0.145 e. The number of anilines is 2. The molecule has 0 fully saturated rings. The van der Waals surface area contributed by atoms with Crippen LogP contribution in [0.15, 0.2) is 12.4 Å². The molecule has 1 aromatic heterocycles. The molecule has 2 atom stereocenters. The van der Waals surface area contributed by atoms with Crippen molar-refractivity contribution in [3.8, 4) is 0 Å². The minimum Gasteiger partial charge on any atom is -0.367 e. The van der Waals surface area contributed by atoms with E-state index in [-0.39, 0.29) is 0 Å². The fourth-order valence-electron chi connectivity index (χ4n) is 1.60. The van der Waals surface area contributed by atoms with Crippen molar-refractivity contribution >= 4 is 11.6 Å². The molecule has 0 amide bonds. The molecule has 5 nitrogen and oxygen atoms in total. The first-order valence-corrected chi connectivity index (χ1v) is 5.70. The Kier molecular flexibility index (Phi) is 4.98. The monoisotopic (exact) mass is 223 g/mol. The molecule has 0 saturated carbocycles. The van der Waals surface area contributed by atoms with Crippen LogP contribution in [0.4, 0.5) is 11.6 Å². The molecule has 1 rings (SSSR count). The summed E-state index contributed by atoms with van der Waals surface area (Å²) in [5.41, 5.74) is 2.50. The van der Waals surface area contributed by atoms with Crippen LogP contribution in [-0.2, 0) is 0 Å². The van der Waals surface area contributed by atoms with Crippen LogP contribution in [0.5, 0.6) is 0 Å². The van der Waals surface area contributed by atoms with Crippen molar-refractivity contribution < 1.29 is 0 Å². The molecule has 0 aliphatic heterocycles. The van der Waals surface area contributed by atoms with Crippen molar-refractivity contribution in [1.82, 2.24) is 9.97 Å². The molecule has 0 radical (unpaired) electrons. The summed E-state index contributed by atoms with van der Waals surface area (Å²) in [5, 5.41) is 3.34. The summed E-state index contributed by atoms with van der Waals surface area (Å²) in [7, 11) is 0. The highest BCUT2D eigenvalue weighted by Crippen LogP contribution is 2.14. The molecule has 1 aromatic rings. The van der Waals surface area contributed by atoms with E-state index in [4.69, 9.17) is 5.84 Å². The van der Waals surface area contributed by atoms with Gasteiger partial charge >= 0.3 is 0 Å². The van der Waals surface area contributed by atoms with E-state index in [0.29, 0.717) is 11.9 Å². The normalized spacial score (nSPS) is 14.2. The van der Waals surface area contributed by atoms with Crippen molar-refractivity contribution in [2.75, 3.05) is 10.7 Å². The van der Waals surface area contributed by atoms with Gasteiger partial charge in [0.1, 0.15) is 18.0 Å². The zero-order valence-corrected chi connectivity index (χ0v) is 10.2. The number of nitrogens with one attached hydrogen (secondary N) is 2. The number of aromatic nitrogens is 2. The van der Waals surface area contributed by atoms with Crippen LogP contribution in [0.1, 0.15) is 33.6 Å². The third kappa shape index (κ3) is 4.02. The fraction of sp³-hybridized carbons (Fsp3) is 0.636. The highest BCUT2D eigenvalue weighted by Gasteiger charge is 2.07. The molecule has 0 aliphatic rings. The molecule has 0 bridgehead atoms. The second kappa shape index (κ2) is 6.27. The molecule has 16 heavy (non-hydrogen) atoms. The lowest BCUT2D eigenvalue weighted by Crippen LogP contribution is -2.19. The first-order valence-electron chi connectivity index (χ1n) is 5.70. The molecule has 0 saturated heterocycles. The number of hydrogen-bond acceptors (Lipinski definition) is 5. The maximum absolute atomic E-state index is 5.28. The third-order valence-corrected chi connectivity index (χ3v) is 2.66. The van der Waals surface area contributed by atoms with Crippen molar-refractivity contribution in [2.24, 2.45) is 11.8 Å². The molecule has 1 heterocycles. The molecular formula is C11H21N5. The van der Waals surface area contributed by atoms with E-state index in [2.05, 4.69) is 41.5 Å². The molecule has 0 aliphatic carbocycles. The molecule has 0 spiro atoms. The minimum absolute atomic E-state index is 0.399. The van der Waals surface area contributed by atoms with E-state index < -0.39 is 0 Å². The number of nitrogen functional groups attached to an aromatic ring is 1. The van der Waals surface area contributed by atoms with Gasteiger partial charge in [-0.2, -0.15) is 0 Å². The van der Waals surface area contributed by atoms with Crippen LogP contribution in [0.25, 0.3) is 0 Å².